The zero-order valence-electron chi connectivity index (χ0n) is 10.3. The maximum absolute atomic E-state index is 3.72. The van der Waals surface area contributed by atoms with Crippen LogP contribution in [0.25, 0.3) is 0 Å². The maximum Gasteiger partial charge on any atom is 0.00912 e. The molecule has 15 heavy (non-hydrogen) atoms. The van der Waals surface area contributed by atoms with Crippen molar-refractivity contribution in [1.29, 1.82) is 0 Å². The van der Waals surface area contributed by atoms with Crippen molar-refractivity contribution in [2.45, 2.75) is 52.0 Å². The molecule has 0 aromatic carbocycles. The normalized spacial score (nSPS) is 24.4. The minimum absolute atomic E-state index is 0.583. The Labute approximate surface area is 94.2 Å². The molecular formula is C13H26N2. The summed E-state index contributed by atoms with van der Waals surface area (Å²) in [4.78, 5) is 0. The van der Waals surface area contributed by atoms with Crippen LogP contribution in [-0.4, -0.2) is 25.7 Å². The first kappa shape index (κ1) is 11.4. The van der Waals surface area contributed by atoms with Crippen molar-refractivity contribution in [1.82, 2.24) is 10.6 Å². The highest BCUT2D eigenvalue weighted by Gasteiger charge is 2.37. The molecule has 0 aromatic rings. The Morgan fingerprint density at radius 1 is 1.13 bits per heavy atom. The molecule has 88 valence electrons. The predicted molar refractivity (Wildman–Crippen MR) is 65.0 cm³/mol. The molecule has 1 aliphatic heterocycles. The Kier molecular flexibility index (Phi) is 3.68. The fraction of sp³-hybridized carbons (Fsp3) is 1.00. The standard InChI is InChI=1S/C13H26N2/c1-13(2,11-3-4-11)7-10-15-12-5-8-14-9-6-12/h11-12,14-15H,3-10H2,1-2H3. The summed E-state index contributed by atoms with van der Waals surface area (Å²) in [7, 11) is 0. The summed E-state index contributed by atoms with van der Waals surface area (Å²) in [6.45, 7) is 8.49. The van der Waals surface area contributed by atoms with Crippen LogP contribution in [0.5, 0.6) is 0 Å². The van der Waals surface area contributed by atoms with Crippen molar-refractivity contribution in [2.75, 3.05) is 19.6 Å². The molecule has 0 amide bonds. The summed E-state index contributed by atoms with van der Waals surface area (Å²) in [5.74, 6) is 1.02. The quantitative estimate of drug-likeness (QED) is 0.726. The fourth-order valence-electron chi connectivity index (χ4n) is 2.69. The van der Waals surface area contributed by atoms with Gasteiger partial charge in [-0.1, -0.05) is 13.8 Å². The third kappa shape index (κ3) is 3.46. The van der Waals surface area contributed by atoms with E-state index in [-0.39, 0.29) is 0 Å². The van der Waals surface area contributed by atoms with Gasteiger partial charge in [0.15, 0.2) is 0 Å². The van der Waals surface area contributed by atoms with Crippen LogP contribution >= 0.6 is 0 Å². The first-order valence-electron chi connectivity index (χ1n) is 6.62. The molecule has 0 aromatic heterocycles. The van der Waals surface area contributed by atoms with Crippen molar-refractivity contribution < 1.29 is 0 Å². The average Bonchev–Trinajstić information content (AvgIpc) is 3.02. The summed E-state index contributed by atoms with van der Waals surface area (Å²) >= 11 is 0. The van der Waals surface area contributed by atoms with Crippen molar-refractivity contribution >= 4 is 0 Å². The minimum Gasteiger partial charge on any atom is -0.317 e. The van der Waals surface area contributed by atoms with Gasteiger partial charge in [-0.25, -0.2) is 0 Å². The van der Waals surface area contributed by atoms with E-state index in [1.165, 1.54) is 51.7 Å². The molecule has 2 aliphatic rings. The van der Waals surface area contributed by atoms with Crippen molar-refractivity contribution in [3.63, 3.8) is 0 Å². The highest BCUT2D eigenvalue weighted by Crippen LogP contribution is 2.46. The van der Waals surface area contributed by atoms with E-state index >= 15 is 0 Å². The van der Waals surface area contributed by atoms with E-state index in [1.807, 2.05) is 0 Å². The molecule has 1 saturated heterocycles. The summed E-state index contributed by atoms with van der Waals surface area (Å²) in [5.41, 5.74) is 0.583. The molecule has 0 bridgehead atoms. The van der Waals surface area contributed by atoms with Gasteiger partial charge in [0.05, 0.1) is 0 Å². The van der Waals surface area contributed by atoms with E-state index in [1.54, 1.807) is 0 Å². The lowest BCUT2D eigenvalue weighted by molar-refractivity contribution is 0.266. The number of hydrogen-bond donors (Lipinski definition) is 2. The van der Waals surface area contributed by atoms with Crippen LogP contribution in [0.4, 0.5) is 0 Å². The third-order valence-corrected chi connectivity index (χ3v) is 4.22. The average molecular weight is 210 g/mol. The Bertz CT molecular complexity index is 191. The molecule has 1 heterocycles. The first-order chi connectivity index (χ1) is 7.18. The highest BCUT2D eigenvalue weighted by molar-refractivity contribution is 4.88. The lowest BCUT2D eigenvalue weighted by atomic mass is 9.84. The van der Waals surface area contributed by atoms with E-state index < -0.39 is 0 Å². The first-order valence-corrected chi connectivity index (χ1v) is 6.62. The molecule has 0 atom stereocenters. The van der Waals surface area contributed by atoms with Crippen LogP contribution in [0.3, 0.4) is 0 Å². The van der Waals surface area contributed by atoms with E-state index in [9.17, 15) is 0 Å². The van der Waals surface area contributed by atoms with Gasteiger partial charge in [0, 0.05) is 6.04 Å². The molecule has 0 spiro atoms. The van der Waals surface area contributed by atoms with Gasteiger partial charge in [-0.2, -0.15) is 0 Å². The monoisotopic (exact) mass is 210 g/mol. The molecule has 2 nitrogen and oxygen atoms in total. The van der Waals surface area contributed by atoms with Crippen molar-refractivity contribution in [3.05, 3.63) is 0 Å². The van der Waals surface area contributed by atoms with Gasteiger partial charge in [0.25, 0.3) is 0 Å². The molecular weight excluding hydrogens is 184 g/mol. The van der Waals surface area contributed by atoms with Crippen LogP contribution in [0, 0.1) is 11.3 Å². The molecule has 0 unspecified atom stereocenters. The van der Waals surface area contributed by atoms with E-state index in [0.717, 1.165) is 12.0 Å². The Morgan fingerprint density at radius 3 is 2.40 bits per heavy atom. The van der Waals surface area contributed by atoms with Crippen molar-refractivity contribution in [3.8, 4) is 0 Å². The third-order valence-electron chi connectivity index (χ3n) is 4.22. The molecule has 2 rings (SSSR count). The van der Waals surface area contributed by atoms with Crippen LogP contribution in [-0.2, 0) is 0 Å². The van der Waals surface area contributed by atoms with Crippen LogP contribution in [0.15, 0.2) is 0 Å². The largest absolute Gasteiger partial charge is 0.317 e. The highest BCUT2D eigenvalue weighted by atomic mass is 15.0. The molecule has 1 aliphatic carbocycles. The van der Waals surface area contributed by atoms with Gasteiger partial charge < -0.3 is 10.6 Å². The number of piperidine rings is 1. The smallest absolute Gasteiger partial charge is 0.00912 e. The molecule has 2 fully saturated rings. The van der Waals surface area contributed by atoms with E-state index in [2.05, 4.69) is 24.5 Å². The lowest BCUT2D eigenvalue weighted by Gasteiger charge is -2.28. The van der Waals surface area contributed by atoms with E-state index in [0.29, 0.717) is 5.41 Å². The SMILES string of the molecule is CC(C)(CCNC1CCNCC1)C1CC1. The van der Waals surface area contributed by atoms with Gasteiger partial charge in [0.1, 0.15) is 0 Å². The van der Waals surface area contributed by atoms with E-state index in [4.69, 9.17) is 0 Å². The summed E-state index contributed by atoms with van der Waals surface area (Å²) in [6, 6.07) is 0.779. The Balaban J connectivity index is 1.60. The molecule has 0 radical (unpaired) electrons. The van der Waals surface area contributed by atoms with Gasteiger partial charge in [0.2, 0.25) is 0 Å². The number of rotatable bonds is 5. The molecule has 2 heteroatoms. The number of hydrogen-bond acceptors (Lipinski definition) is 2. The maximum atomic E-state index is 3.72. The second-order valence-electron chi connectivity index (χ2n) is 5.99. The minimum atomic E-state index is 0.583. The van der Waals surface area contributed by atoms with Gasteiger partial charge >= 0.3 is 0 Å². The summed E-state index contributed by atoms with van der Waals surface area (Å²) in [5, 5.41) is 7.13. The van der Waals surface area contributed by atoms with Gasteiger partial charge in [-0.05, 0) is 63.1 Å². The predicted octanol–water partition coefficient (Wildman–Crippen LogP) is 2.15. The fourth-order valence-corrected chi connectivity index (χ4v) is 2.69. The number of nitrogens with one attached hydrogen (secondary N) is 2. The Morgan fingerprint density at radius 2 is 1.80 bits per heavy atom. The zero-order valence-corrected chi connectivity index (χ0v) is 10.3. The summed E-state index contributed by atoms with van der Waals surface area (Å²) < 4.78 is 0. The topological polar surface area (TPSA) is 24.1 Å². The molecule has 2 N–H and O–H groups in total. The van der Waals surface area contributed by atoms with Gasteiger partial charge in [-0.3, -0.25) is 0 Å². The zero-order chi connectivity index (χ0) is 10.7. The second kappa shape index (κ2) is 4.84. The van der Waals surface area contributed by atoms with Crippen LogP contribution in [0.2, 0.25) is 0 Å². The van der Waals surface area contributed by atoms with Crippen LogP contribution in [0.1, 0.15) is 46.0 Å². The lowest BCUT2D eigenvalue weighted by Crippen LogP contribution is -2.41. The Hall–Kier alpha value is -0.0800. The molecule has 1 saturated carbocycles. The van der Waals surface area contributed by atoms with Crippen molar-refractivity contribution in [2.24, 2.45) is 11.3 Å². The summed E-state index contributed by atoms with van der Waals surface area (Å²) in [6.07, 6.45) is 6.91. The second-order valence-corrected chi connectivity index (χ2v) is 5.99. The van der Waals surface area contributed by atoms with Crippen LogP contribution < -0.4 is 10.6 Å². The van der Waals surface area contributed by atoms with Gasteiger partial charge in [-0.15, -0.1) is 0 Å².